The van der Waals surface area contributed by atoms with Gasteiger partial charge in [-0.1, -0.05) is 43.2 Å². The van der Waals surface area contributed by atoms with E-state index in [-0.39, 0.29) is 19.3 Å². The number of ether oxygens (including phenoxy) is 3. The molecule has 0 radical (unpaired) electrons. The van der Waals surface area contributed by atoms with Crippen molar-refractivity contribution in [2.75, 3.05) is 26.9 Å². The number of aromatic nitrogens is 2. The van der Waals surface area contributed by atoms with Gasteiger partial charge in [0.25, 0.3) is 0 Å². The van der Waals surface area contributed by atoms with Crippen LogP contribution in [0.1, 0.15) is 31.5 Å². The van der Waals surface area contributed by atoms with E-state index >= 15 is 0 Å². The average Bonchev–Trinajstić information content (AvgIpc) is 3.18. The smallest absolute Gasteiger partial charge is 0.227 e. The van der Waals surface area contributed by atoms with Crippen molar-refractivity contribution in [3.8, 4) is 35.4 Å². The summed E-state index contributed by atoms with van der Waals surface area (Å²) in [6.07, 6.45) is 5.51. The van der Waals surface area contributed by atoms with Crippen LogP contribution in [0.2, 0.25) is 0 Å². The maximum atomic E-state index is 10.6. The molecule has 0 fully saturated rings. The van der Waals surface area contributed by atoms with Crippen molar-refractivity contribution in [1.82, 2.24) is 14.7 Å². The number of nitrogens with zero attached hydrogens (tertiary/aromatic N) is 3. The van der Waals surface area contributed by atoms with Crippen LogP contribution in [0, 0.1) is 19.3 Å². The molecule has 0 saturated carbocycles. The normalized spacial score (nSPS) is 12.8. The second-order valence-electron chi connectivity index (χ2n) is 8.43. The van der Waals surface area contributed by atoms with Gasteiger partial charge in [-0.15, -0.1) is 6.42 Å². The van der Waals surface area contributed by atoms with Crippen LogP contribution in [0.15, 0.2) is 54.6 Å². The number of terminal acetylenes is 1. The predicted molar refractivity (Wildman–Crippen MR) is 137 cm³/mol. The van der Waals surface area contributed by atoms with Gasteiger partial charge in [0.2, 0.25) is 5.88 Å². The largest absolute Gasteiger partial charge is 0.493 e. The van der Waals surface area contributed by atoms with E-state index < -0.39 is 6.10 Å². The number of aryl methyl sites for hydroxylation is 1. The summed E-state index contributed by atoms with van der Waals surface area (Å²) in [7, 11) is 1.62. The molecule has 0 saturated heterocycles. The van der Waals surface area contributed by atoms with E-state index in [1.54, 1.807) is 7.11 Å². The Bertz CT molecular complexity index is 1110. The Balaban J connectivity index is 1.99. The standard InChI is InChI=1S/C28H35N3O4/c1-6-17-34-20-24(32)18-30(21(3)7-2)19-25-22(4)29-31(23-13-9-8-10-14-23)28(25)35-27-16-12-11-15-26(27)33-5/h1,8-16,21,24,32H,7,17-20H2,2-5H3/t21-,24+/m1/s1. The fraction of sp³-hybridized carbons (Fsp3) is 0.393. The fourth-order valence-corrected chi connectivity index (χ4v) is 3.82. The van der Waals surface area contributed by atoms with Crippen molar-refractivity contribution in [1.29, 1.82) is 0 Å². The minimum atomic E-state index is -0.666. The lowest BCUT2D eigenvalue weighted by atomic mass is 10.1. The van der Waals surface area contributed by atoms with Gasteiger partial charge in [0.15, 0.2) is 11.5 Å². The van der Waals surface area contributed by atoms with Crippen molar-refractivity contribution in [2.45, 2.75) is 45.9 Å². The zero-order chi connectivity index (χ0) is 25.2. The first-order valence-corrected chi connectivity index (χ1v) is 11.9. The first-order valence-electron chi connectivity index (χ1n) is 11.9. The van der Waals surface area contributed by atoms with Crippen molar-refractivity contribution >= 4 is 0 Å². The molecule has 0 amide bonds. The number of aliphatic hydroxyl groups excluding tert-OH is 1. The maximum Gasteiger partial charge on any atom is 0.227 e. The summed E-state index contributed by atoms with van der Waals surface area (Å²) in [5.41, 5.74) is 2.69. The lowest BCUT2D eigenvalue weighted by Crippen LogP contribution is -2.40. The Labute approximate surface area is 208 Å². The quantitative estimate of drug-likeness (QED) is 0.287. The molecule has 186 valence electrons. The lowest BCUT2D eigenvalue weighted by molar-refractivity contribution is 0.0168. The number of benzene rings is 2. The van der Waals surface area contributed by atoms with Gasteiger partial charge >= 0.3 is 0 Å². The van der Waals surface area contributed by atoms with Gasteiger partial charge in [-0.3, -0.25) is 4.90 Å². The fourth-order valence-electron chi connectivity index (χ4n) is 3.82. The minimum Gasteiger partial charge on any atom is -0.493 e. The molecule has 0 aliphatic heterocycles. The highest BCUT2D eigenvalue weighted by molar-refractivity contribution is 5.47. The number of rotatable bonds is 13. The average molecular weight is 478 g/mol. The van der Waals surface area contributed by atoms with Crippen LogP contribution >= 0.6 is 0 Å². The van der Waals surface area contributed by atoms with E-state index in [1.165, 1.54) is 0 Å². The maximum absolute atomic E-state index is 10.6. The summed E-state index contributed by atoms with van der Waals surface area (Å²) in [6, 6.07) is 17.7. The Morgan fingerprint density at radius 1 is 1.11 bits per heavy atom. The Morgan fingerprint density at radius 3 is 2.46 bits per heavy atom. The first kappa shape index (κ1) is 26.3. The molecule has 3 rings (SSSR count). The lowest BCUT2D eigenvalue weighted by Gasteiger charge is -2.30. The van der Waals surface area contributed by atoms with Gasteiger partial charge in [-0.2, -0.15) is 5.10 Å². The highest BCUT2D eigenvalue weighted by atomic mass is 16.5. The molecule has 35 heavy (non-hydrogen) atoms. The summed E-state index contributed by atoms with van der Waals surface area (Å²) < 4.78 is 19.2. The highest BCUT2D eigenvalue weighted by Gasteiger charge is 2.25. The SMILES string of the molecule is C#CCOC[C@@H](O)CN(Cc1c(C)nn(-c2ccccc2)c1Oc1ccccc1OC)[C@H](C)CC. The molecule has 0 bridgehead atoms. The van der Waals surface area contributed by atoms with Crippen molar-refractivity contribution in [3.05, 3.63) is 65.9 Å². The molecule has 0 aliphatic rings. The summed E-state index contributed by atoms with van der Waals surface area (Å²) in [5.74, 6) is 4.29. The molecule has 2 aromatic carbocycles. The van der Waals surface area contributed by atoms with Gasteiger partial charge in [0, 0.05) is 19.1 Å². The van der Waals surface area contributed by atoms with E-state index in [9.17, 15) is 5.11 Å². The summed E-state index contributed by atoms with van der Waals surface area (Å²) in [6.45, 7) is 7.60. The first-order chi connectivity index (χ1) is 17.0. The zero-order valence-electron chi connectivity index (χ0n) is 21.0. The molecule has 1 heterocycles. The summed E-state index contributed by atoms with van der Waals surface area (Å²) in [5, 5.41) is 15.4. The number of para-hydroxylation sites is 3. The van der Waals surface area contributed by atoms with Crippen LogP contribution < -0.4 is 9.47 Å². The van der Waals surface area contributed by atoms with Gasteiger partial charge in [-0.05, 0) is 44.5 Å². The van der Waals surface area contributed by atoms with Gasteiger partial charge in [0.05, 0.1) is 36.8 Å². The minimum absolute atomic E-state index is 0.181. The second-order valence-corrected chi connectivity index (χ2v) is 8.43. The highest BCUT2D eigenvalue weighted by Crippen LogP contribution is 2.36. The van der Waals surface area contributed by atoms with Gasteiger partial charge in [0.1, 0.15) is 6.61 Å². The second kappa shape index (κ2) is 13.0. The van der Waals surface area contributed by atoms with E-state index in [4.69, 9.17) is 25.7 Å². The van der Waals surface area contributed by atoms with Crippen LogP contribution in [0.4, 0.5) is 0 Å². The Kier molecular flexibility index (Phi) is 9.74. The third-order valence-electron chi connectivity index (χ3n) is 5.93. The number of methoxy groups -OCH3 is 1. The molecule has 3 aromatic rings. The van der Waals surface area contributed by atoms with Crippen LogP contribution in [0.5, 0.6) is 17.4 Å². The molecule has 2 atom stereocenters. The molecular weight excluding hydrogens is 442 g/mol. The van der Waals surface area contributed by atoms with Crippen LogP contribution in [0.3, 0.4) is 0 Å². The number of hydrogen-bond acceptors (Lipinski definition) is 6. The van der Waals surface area contributed by atoms with Crippen LogP contribution in [0.25, 0.3) is 5.69 Å². The van der Waals surface area contributed by atoms with E-state index in [1.807, 2.05) is 66.2 Å². The van der Waals surface area contributed by atoms with E-state index in [0.717, 1.165) is 23.4 Å². The summed E-state index contributed by atoms with van der Waals surface area (Å²) >= 11 is 0. The van der Waals surface area contributed by atoms with Crippen LogP contribution in [-0.4, -0.2) is 58.8 Å². The number of hydrogen-bond donors (Lipinski definition) is 1. The van der Waals surface area contributed by atoms with Crippen molar-refractivity contribution in [2.24, 2.45) is 0 Å². The molecule has 1 N–H and O–H groups in total. The summed E-state index contributed by atoms with van der Waals surface area (Å²) in [4.78, 5) is 2.22. The van der Waals surface area contributed by atoms with E-state index in [0.29, 0.717) is 30.5 Å². The monoisotopic (exact) mass is 477 g/mol. The number of aliphatic hydroxyl groups is 1. The van der Waals surface area contributed by atoms with Gasteiger partial charge in [-0.25, -0.2) is 4.68 Å². The third-order valence-corrected chi connectivity index (χ3v) is 5.93. The van der Waals surface area contributed by atoms with Crippen molar-refractivity contribution < 1.29 is 19.3 Å². The molecule has 0 unspecified atom stereocenters. The molecule has 1 aromatic heterocycles. The third kappa shape index (κ3) is 6.86. The molecule has 0 aliphatic carbocycles. The topological polar surface area (TPSA) is 69.0 Å². The molecule has 7 heteroatoms. The van der Waals surface area contributed by atoms with Crippen molar-refractivity contribution in [3.63, 3.8) is 0 Å². The van der Waals surface area contributed by atoms with Gasteiger partial charge < -0.3 is 19.3 Å². The predicted octanol–water partition coefficient (Wildman–Crippen LogP) is 4.59. The Hall–Kier alpha value is -3.31. The van der Waals surface area contributed by atoms with Crippen LogP contribution in [-0.2, 0) is 11.3 Å². The molecule has 0 spiro atoms. The molecule has 7 nitrogen and oxygen atoms in total. The Morgan fingerprint density at radius 2 is 1.80 bits per heavy atom. The zero-order valence-corrected chi connectivity index (χ0v) is 21.0. The van der Waals surface area contributed by atoms with E-state index in [2.05, 4.69) is 24.7 Å². The molecular formula is C28H35N3O4.